The van der Waals surface area contributed by atoms with Gasteiger partial charge in [0.25, 0.3) is 0 Å². The normalized spacial score (nSPS) is 15.9. The minimum atomic E-state index is -1.18. The van der Waals surface area contributed by atoms with Gasteiger partial charge in [0.2, 0.25) is 0 Å². The molecule has 3 N–H and O–H groups in total. The van der Waals surface area contributed by atoms with E-state index in [1.807, 2.05) is 0 Å². The number of aliphatic carboxylic acids is 1. The van der Waals surface area contributed by atoms with Gasteiger partial charge in [0.15, 0.2) is 11.5 Å². The highest BCUT2D eigenvalue weighted by Gasteiger charge is 2.22. The van der Waals surface area contributed by atoms with E-state index in [4.69, 9.17) is 20.3 Å². The summed E-state index contributed by atoms with van der Waals surface area (Å²) in [7, 11) is 0. The van der Waals surface area contributed by atoms with Crippen LogP contribution < -0.4 is 15.2 Å². The molecule has 1 heterocycles. The van der Waals surface area contributed by atoms with E-state index >= 15 is 0 Å². The number of benzene rings is 1. The van der Waals surface area contributed by atoms with Crippen LogP contribution in [0.5, 0.6) is 11.5 Å². The molecule has 0 saturated carbocycles. The van der Waals surface area contributed by atoms with Crippen molar-refractivity contribution in [1.29, 1.82) is 0 Å². The Labute approximate surface area is 103 Å². The van der Waals surface area contributed by atoms with E-state index in [9.17, 15) is 9.18 Å². The van der Waals surface area contributed by atoms with Crippen LogP contribution in [0.25, 0.3) is 0 Å². The maximum Gasteiger partial charge on any atom is 0.320 e. The molecule has 5 nitrogen and oxygen atoms in total. The molecule has 1 unspecified atom stereocenters. The van der Waals surface area contributed by atoms with Crippen molar-refractivity contribution in [2.24, 2.45) is 5.73 Å². The number of nitrogens with two attached hydrogens (primary N) is 1. The second kappa shape index (κ2) is 5.22. The fourth-order valence-electron chi connectivity index (χ4n) is 1.77. The van der Waals surface area contributed by atoms with E-state index in [1.54, 1.807) is 0 Å². The van der Waals surface area contributed by atoms with Gasteiger partial charge in [-0.15, -0.1) is 0 Å². The second-order valence-electron chi connectivity index (χ2n) is 4.05. The van der Waals surface area contributed by atoms with Crippen molar-refractivity contribution in [3.8, 4) is 11.5 Å². The molecule has 2 rings (SSSR count). The van der Waals surface area contributed by atoms with Gasteiger partial charge in [0.05, 0.1) is 13.2 Å². The summed E-state index contributed by atoms with van der Waals surface area (Å²) in [5, 5.41) is 8.77. The van der Waals surface area contributed by atoms with Crippen LogP contribution >= 0.6 is 0 Å². The summed E-state index contributed by atoms with van der Waals surface area (Å²) in [6, 6.07) is 1.54. The monoisotopic (exact) mass is 255 g/mol. The molecule has 1 atom stereocenters. The Morgan fingerprint density at radius 3 is 2.89 bits per heavy atom. The lowest BCUT2D eigenvalue weighted by molar-refractivity contribution is -0.138. The fourth-order valence-corrected chi connectivity index (χ4v) is 1.77. The highest BCUT2D eigenvalue weighted by atomic mass is 19.1. The summed E-state index contributed by atoms with van der Waals surface area (Å²) < 4.78 is 24.6. The molecule has 0 radical (unpaired) electrons. The van der Waals surface area contributed by atoms with Crippen molar-refractivity contribution in [1.82, 2.24) is 0 Å². The molecule has 0 aliphatic carbocycles. The van der Waals surface area contributed by atoms with E-state index in [-0.39, 0.29) is 17.7 Å². The molecule has 1 aliphatic rings. The van der Waals surface area contributed by atoms with Crippen LogP contribution in [0.2, 0.25) is 0 Å². The van der Waals surface area contributed by atoms with Gasteiger partial charge in [-0.3, -0.25) is 4.79 Å². The van der Waals surface area contributed by atoms with Gasteiger partial charge in [0.1, 0.15) is 11.9 Å². The van der Waals surface area contributed by atoms with Crippen molar-refractivity contribution >= 4 is 5.97 Å². The number of carboxylic acid groups (broad SMARTS) is 1. The van der Waals surface area contributed by atoms with E-state index < -0.39 is 17.8 Å². The molecule has 0 saturated heterocycles. The second-order valence-corrected chi connectivity index (χ2v) is 4.05. The van der Waals surface area contributed by atoms with Crippen LogP contribution in [0.3, 0.4) is 0 Å². The standard InChI is InChI=1S/C12H14FNO4/c13-8-2-3-10-11(18-5-1-4-17-10)7(8)6-9(14)12(15)16/h2-3,9H,1,4-6,14H2,(H,15,16). The van der Waals surface area contributed by atoms with Crippen molar-refractivity contribution in [3.63, 3.8) is 0 Å². The van der Waals surface area contributed by atoms with Crippen LogP contribution in [0, 0.1) is 5.82 Å². The summed E-state index contributed by atoms with van der Waals surface area (Å²) in [5.41, 5.74) is 5.58. The first kappa shape index (κ1) is 12.6. The third-order valence-corrected chi connectivity index (χ3v) is 2.70. The molecule has 6 heteroatoms. The minimum absolute atomic E-state index is 0.131. The minimum Gasteiger partial charge on any atom is -0.490 e. The summed E-state index contributed by atoms with van der Waals surface area (Å²) in [6.07, 6.45) is 0.564. The molecule has 1 aromatic rings. The summed E-state index contributed by atoms with van der Waals surface area (Å²) >= 11 is 0. The molecule has 0 bridgehead atoms. The van der Waals surface area contributed by atoms with Crippen molar-refractivity contribution in [2.75, 3.05) is 13.2 Å². The number of carbonyl (C=O) groups is 1. The third kappa shape index (κ3) is 2.53. The Kier molecular flexibility index (Phi) is 3.66. The maximum atomic E-state index is 13.7. The first-order valence-electron chi connectivity index (χ1n) is 5.65. The number of hydrogen-bond donors (Lipinski definition) is 2. The predicted molar refractivity (Wildman–Crippen MR) is 61.3 cm³/mol. The first-order valence-corrected chi connectivity index (χ1v) is 5.65. The number of ether oxygens (including phenoxy) is 2. The smallest absolute Gasteiger partial charge is 0.320 e. The van der Waals surface area contributed by atoms with Crippen LogP contribution in [0.1, 0.15) is 12.0 Å². The average Bonchev–Trinajstić information content (AvgIpc) is 2.57. The van der Waals surface area contributed by atoms with Gasteiger partial charge in [-0.25, -0.2) is 4.39 Å². The van der Waals surface area contributed by atoms with Crippen molar-refractivity contribution < 1.29 is 23.8 Å². The predicted octanol–water partition coefficient (Wildman–Crippen LogP) is 0.941. The summed E-state index contributed by atoms with van der Waals surface area (Å²) in [4.78, 5) is 10.7. The van der Waals surface area contributed by atoms with Crippen LogP contribution in [-0.4, -0.2) is 30.3 Å². The molecule has 1 aromatic carbocycles. The SMILES string of the molecule is NC(Cc1c(F)ccc2c1OCCCO2)C(=O)O. The first-order chi connectivity index (χ1) is 8.59. The lowest BCUT2D eigenvalue weighted by atomic mass is 10.0. The van der Waals surface area contributed by atoms with Gasteiger partial charge in [-0.2, -0.15) is 0 Å². The number of hydrogen-bond acceptors (Lipinski definition) is 4. The van der Waals surface area contributed by atoms with Crippen molar-refractivity contribution in [3.05, 3.63) is 23.5 Å². The molecule has 18 heavy (non-hydrogen) atoms. The molecule has 98 valence electrons. The third-order valence-electron chi connectivity index (χ3n) is 2.70. The highest BCUT2D eigenvalue weighted by Crippen LogP contribution is 2.35. The highest BCUT2D eigenvalue weighted by molar-refractivity contribution is 5.73. The number of fused-ring (bicyclic) bond motifs is 1. The lowest BCUT2D eigenvalue weighted by Gasteiger charge is -2.14. The lowest BCUT2D eigenvalue weighted by Crippen LogP contribution is -2.32. The largest absolute Gasteiger partial charge is 0.490 e. The summed E-state index contributed by atoms with van der Waals surface area (Å²) in [6.45, 7) is 0.898. The quantitative estimate of drug-likeness (QED) is 0.840. The number of carboxylic acids is 1. The zero-order valence-electron chi connectivity index (χ0n) is 9.69. The average molecular weight is 255 g/mol. The zero-order valence-corrected chi connectivity index (χ0v) is 9.69. The van der Waals surface area contributed by atoms with Crippen molar-refractivity contribution in [2.45, 2.75) is 18.9 Å². The Balaban J connectivity index is 2.35. The van der Waals surface area contributed by atoms with Gasteiger partial charge in [0, 0.05) is 18.4 Å². The van der Waals surface area contributed by atoms with Gasteiger partial charge >= 0.3 is 5.97 Å². The Hall–Kier alpha value is -1.82. The topological polar surface area (TPSA) is 81.8 Å². The van der Waals surface area contributed by atoms with Gasteiger partial charge in [-0.1, -0.05) is 0 Å². The van der Waals surface area contributed by atoms with Crippen LogP contribution in [-0.2, 0) is 11.2 Å². The maximum absolute atomic E-state index is 13.7. The van der Waals surface area contributed by atoms with Gasteiger partial charge < -0.3 is 20.3 Å². The van der Waals surface area contributed by atoms with E-state index in [1.165, 1.54) is 12.1 Å². The molecule has 0 aromatic heterocycles. The van der Waals surface area contributed by atoms with E-state index in [0.717, 1.165) is 0 Å². The Bertz CT molecular complexity index is 464. The van der Waals surface area contributed by atoms with E-state index in [2.05, 4.69) is 0 Å². The van der Waals surface area contributed by atoms with Crippen LogP contribution in [0.15, 0.2) is 12.1 Å². The number of rotatable bonds is 3. The molecule has 0 amide bonds. The molecule has 0 spiro atoms. The molecule has 0 fully saturated rings. The number of halogens is 1. The molecular weight excluding hydrogens is 241 g/mol. The zero-order chi connectivity index (χ0) is 13.1. The Morgan fingerprint density at radius 2 is 2.17 bits per heavy atom. The fraction of sp³-hybridized carbons (Fsp3) is 0.417. The molecule has 1 aliphatic heterocycles. The Morgan fingerprint density at radius 1 is 1.44 bits per heavy atom. The summed E-state index contributed by atoms with van der Waals surface area (Å²) in [5.74, 6) is -1.01. The van der Waals surface area contributed by atoms with Gasteiger partial charge in [-0.05, 0) is 12.1 Å². The van der Waals surface area contributed by atoms with E-state index in [0.29, 0.717) is 25.4 Å². The molecular formula is C12H14FNO4. The van der Waals surface area contributed by atoms with Crippen LogP contribution in [0.4, 0.5) is 4.39 Å².